The summed E-state index contributed by atoms with van der Waals surface area (Å²) in [4.78, 5) is 12.9. The van der Waals surface area contributed by atoms with Gasteiger partial charge in [-0.2, -0.15) is 4.98 Å². The van der Waals surface area contributed by atoms with Crippen molar-refractivity contribution in [1.82, 2.24) is 0 Å². The van der Waals surface area contributed by atoms with Gasteiger partial charge in [0.15, 0.2) is 0 Å². The van der Waals surface area contributed by atoms with E-state index >= 15 is 0 Å². The standard InChI is InChI=1S/C6H5ClN2O2.2ClH/c7-5-2-3(8)1-4(9-5)6(10)11;;/h1-2H,(H2,8,9)(H,10,11);2*1H. The van der Waals surface area contributed by atoms with E-state index in [1.807, 2.05) is 0 Å². The number of H-pyrrole nitrogens is 1. The topological polar surface area (TPSA) is 79.1 Å². The first-order valence-corrected chi connectivity index (χ1v) is 3.25. The summed E-state index contributed by atoms with van der Waals surface area (Å²) >= 11 is 5.54. The van der Waals surface area contributed by atoms with E-state index in [2.05, 4.69) is 10.7 Å². The number of nitrogens with one attached hydrogen (secondary N) is 1. The maximum atomic E-state index is 10.4. The number of hydrogen-bond donors (Lipinski definition) is 2. The number of hydrogen-bond acceptors (Lipinski definition) is 1. The molecule has 0 saturated heterocycles. The quantitative estimate of drug-likeness (QED) is 0.483. The number of aromatic amines is 1. The Bertz CT molecular complexity index is 286. The lowest BCUT2D eigenvalue weighted by Gasteiger charge is -1.87. The fourth-order valence-electron chi connectivity index (χ4n) is 0.706. The molecule has 0 aliphatic heterocycles. The van der Waals surface area contributed by atoms with Crippen molar-refractivity contribution in [2.45, 2.75) is 0 Å². The number of halogens is 3. The van der Waals surface area contributed by atoms with Crippen LogP contribution in [0.15, 0.2) is 12.1 Å². The van der Waals surface area contributed by atoms with Gasteiger partial charge >= 0.3 is 5.97 Å². The van der Waals surface area contributed by atoms with Gasteiger partial charge in [-0.1, -0.05) is 0 Å². The predicted octanol–water partition coefficient (Wildman–Crippen LogP) is -6.27. The highest BCUT2D eigenvalue weighted by molar-refractivity contribution is 6.28. The lowest BCUT2D eigenvalue weighted by atomic mass is 10.3. The second-order valence-corrected chi connectivity index (χ2v) is 2.46. The summed E-state index contributed by atoms with van der Waals surface area (Å²) in [6.07, 6.45) is 0. The Hall–Kier alpha value is -0.550. The van der Waals surface area contributed by atoms with Crippen LogP contribution in [0.2, 0.25) is 5.15 Å². The van der Waals surface area contributed by atoms with Crippen LogP contribution in [-0.4, -0.2) is 11.1 Å². The molecule has 0 amide bonds. The van der Waals surface area contributed by atoms with Gasteiger partial charge in [0.05, 0.1) is 12.1 Å². The van der Waals surface area contributed by atoms with E-state index in [1.165, 1.54) is 6.07 Å². The number of aromatic carboxylic acids is 1. The normalized spacial score (nSPS) is 8.15. The highest BCUT2D eigenvalue weighted by Crippen LogP contribution is 2.05. The van der Waals surface area contributed by atoms with E-state index in [1.54, 1.807) is 6.07 Å². The third kappa shape index (κ3) is 4.28. The zero-order chi connectivity index (χ0) is 8.43. The second kappa shape index (κ2) is 5.99. The van der Waals surface area contributed by atoms with Crippen LogP contribution in [0.25, 0.3) is 0 Å². The zero-order valence-corrected chi connectivity index (χ0v) is 8.62. The molecule has 4 nitrogen and oxygen atoms in total. The molecule has 0 unspecified atom stereocenters. The third-order valence-electron chi connectivity index (χ3n) is 1.13. The van der Waals surface area contributed by atoms with Gasteiger partial charge in [-0.25, -0.2) is 4.79 Å². The molecule has 0 aliphatic rings. The Morgan fingerprint density at radius 1 is 1.46 bits per heavy atom. The molecule has 74 valence electrons. The van der Waals surface area contributed by atoms with Crippen molar-refractivity contribution in [3.63, 3.8) is 0 Å². The molecule has 7 heteroatoms. The SMILES string of the molecule is [Cl-].[Cl-].[NH3+]c1cc(Cl)[nH+]c(C(=O)O)c1. The molecule has 13 heavy (non-hydrogen) atoms. The summed E-state index contributed by atoms with van der Waals surface area (Å²) in [5.74, 6) is -1.04. The minimum absolute atomic E-state index is 0. The van der Waals surface area contributed by atoms with Crippen molar-refractivity contribution >= 4 is 23.3 Å². The highest BCUT2D eigenvalue weighted by Gasteiger charge is 2.14. The molecule has 1 heterocycles. The predicted molar refractivity (Wildman–Crippen MR) is 37.5 cm³/mol. The largest absolute Gasteiger partial charge is 1.00 e. The van der Waals surface area contributed by atoms with Crippen LogP contribution in [0.4, 0.5) is 5.69 Å². The average molecular weight is 245 g/mol. The lowest BCUT2D eigenvalue weighted by molar-refractivity contribution is -0.383. The van der Waals surface area contributed by atoms with Gasteiger partial charge in [0.1, 0.15) is 5.69 Å². The Labute approximate surface area is 91.9 Å². The summed E-state index contributed by atoms with van der Waals surface area (Å²) in [5.41, 5.74) is 4.18. The van der Waals surface area contributed by atoms with Crippen molar-refractivity contribution in [3.8, 4) is 0 Å². The van der Waals surface area contributed by atoms with Crippen molar-refractivity contribution in [2.75, 3.05) is 0 Å². The molecule has 0 radical (unpaired) electrons. The van der Waals surface area contributed by atoms with Crippen LogP contribution in [0.5, 0.6) is 0 Å². The molecule has 1 rings (SSSR count). The summed E-state index contributed by atoms with van der Waals surface area (Å²) in [6.45, 7) is 0. The fourth-order valence-corrected chi connectivity index (χ4v) is 0.948. The summed E-state index contributed by atoms with van der Waals surface area (Å²) in [6, 6.07) is 2.96. The zero-order valence-electron chi connectivity index (χ0n) is 6.35. The van der Waals surface area contributed by atoms with Crippen molar-refractivity contribution in [2.24, 2.45) is 0 Å². The lowest BCUT2D eigenvalue weighted by Crippen LogP contribution is -3.00. The third-order valence-corrected chi connectivity index (χ3v) is 1.33. The van der Waals surface area contributed by atoms with E-state index in [4.69, 9.17) is 16.7 Å². The monoisotopic (exact) mass is 244 g/mol. The van der Waals surface area contributed by atoms with E-state index in [9.17, 15) is 4.79 Å². The Balaban J connectivity index is 0. The molecule has 1 aromatic heterocycles. The first kappa shape index (κ1) is 14.9. The van der Waals surface area contributed by atoms with E-state index in [0.717, 1.165) is 0 Å². The van der Waals surface area contributed by atoms with Gasteiger partial charge in [0.25, 0.3) is 10.8 Å². The van der Waals surface area contributed by atoms with Gasteiger partial charge in [-0.3, -0.25) is 0 Å². The maximum absolute atomic E-state index is 10.4. The van der Waals surface area contributed by atoms with Crippen LogP contribution < -0.4 is 35.5 Å². The Morgan fingerprint density at radius 2 is 2.00 bits per heavy atom. The minimum Gasteiger partial charge on any atom is -1.00 e. The smallest absolute Gasteiger partial charge is 0.401 e. The van der Waals surface area contributed by atoms with Crippen LogP contribution in [-0.2, 0) is 0 Å². The summed E-state index contributed by atoms with van der Waals surface area (Å²) in [7, 11) is 0. The van der Waals surface area contributed by atoms with Gasteiger partial charge in [0, 0.05) is 0 Å². The van der Waals surface area contributed by atoms with Gasteiger partial charge in [0.2, 0.25) is 0 Å². The first-order chi connectivity index (χ1) is 5.09. The van der Waals surface area contributed by atoms with E-state index in [0.29, 0.717) is 5.69 Å². The molecule has 0 aliphatic carbocycles. The maximum Gasteiger partial charge on any atom is 0.401 e. The van der Waals surface area contributed by atoms with E-state index in [-0.39, 0.29) is 35.7 Å². The summed E-state index contributed by atoms with van der Waals surface area (Å²) < 4.78 is 0. The molecule has 0 aromatic carbocycles. The molecule has 0 atom stereocenters. The van der Waals surface area contributed by atoms with Crippen molar-refractivity contribution in [1.29, 1.82) is 0 Å². The first-order valence-electron chi connectivity index (χ1n) is 2.87. The molecule has 0 saturated carbocycles. The molecule has 0 bridgehead atoms. The van der Waals surface area contributed by atoms with Crippen molar-refractivity contribution in [3.05, 3.63) is 23.0 Å². The number of quaternary nitrogens is 1. The fraction of sp³-hybridized carbons (Fsp3) is 0. The highest BCUT2D eigenvalue weighted by atomic mass is 35.5. The number of rotatable bonds is 1. The molecular formula is C6H7Cl3N2O2. The van der Waals surface area contributed by atoms with Gasteiger partial charge < -0.3 is 35.7 Å². The van der Waals surface area contributed by atoms with Crippen molar-refractivity contribution < 1.29 is 45.4 Å². The Morgan fingerprint density at radius 3 is 2.38 bits per heavy atom. The second-order valence-electron chi connectivity index (χ2n) is 2.06. The number of carbonyl (C=O) groups is 1. The molecule has 5 N–H and O–H groups in total. The van der Waals surface area contributed by atoms with Gasteiger partial charge in [-0.05, 0) is 11.6 Å². The molecule has 1 aromatic rings. The van der Waals surface area contributed by atoms with Crippen LogP contribution in [0.1, 0.15) is 10.5 Å². The average Bonchev–Trinajstić information content (AvgIpc) is 1.85. The molecule has 0 spiro atoms. The minimum atomic E-state index is -1.04. The van der Waals surface area contributed by atoms with Gasteiger partial charge in [-0.15, -0.1) is 0 Å². The number of aromatic nitrogens is 1. The number of carboxylic acids is 1. The summed E-state index contributed by atoms with van der Waals surface area (Å²) in [5, 5.41) is 8.79. The molecule has 0 fully saturated rings. The Kier molecular flexibility index (Phi) is 6.89. The molecular weight excluding hydrogens is 238 g/mol. The number of pyridine rings is 1. The van der Waals surface area contributed by atoms with Crippen LogP contribution in [0, 0.1) is 0 Å². The van der Waals surface area contributed by atoms with Crippen LogP contribution in [0.3, 0.4) is 0 Å². The van der Waals surface area contributed by atoms with Crippen LogP contribution >= 0.6 is 11.6 Å². The number of carboxylic acid groups (broad SMARTS) is 1. The van der Waals surface area contributed by atoms with E-state index < -0.39 is 5.97 Å².